The third-order valence-corrected chi connectivity index (χ3v) is 2.96. The second-order valence-corrected chi connectivity index (χ2v) is 4.80. The van der Waals surface area contributed by atoms with Crippen LogP contribution >= 0.6 is 12.2 Å². The third-order valence-electron chi connectivity index (χ3n) is 2.74. The van der Waals surface area contributed by atoms with E-state index in [4.69, 9.17) is 12.2 Å². The molecule has 0 aliphatic rings. The van der Waals surface area contributed by atoms with Crippen LogP contribution in [0.3, 0.4) is 0 Å². The Labute approximate surface area is 122 Å². The fourth-order valence-electron chi connectivity index (χ4n) is 1.68. The van der Waals surface area contributed by atoms with Gasteiger partial charge in [0, 0.05) is 11.9 Å². The summed E-state index contributed by atoms with van der Waals surface area (Å²) in [6, 6.07) is 8.06. The average molecular weight is 290 g/mol. The fraction of sp³-hybridized carbons (Fsp3) is 0.214. The van der Waals surface area contributed by atoms with E-state index in [1.54, 1.807) is 18.3 Å². The highest BCUT2D eigenvalue weighted by Crippen LogP contribution is 2.13. The monoisotopic (exact) mass is 290 g/mol. The lowest BCUT2D eigenvalue weighted by molar-refractivity contribution is 0.624. The van der Waals surface area contributed by atoms with Crippen LogP contribution in [0, 0.1) is 12.7 Å². The molecule has 6 heteroatoms. The van der Waals surface area contributed by atoms with Crippen LogP contribution in [-0.2, 0) is 0 Å². The Morgan fingerprint density at radius 3 is 2.60 bits per heavy atom. The zero-order valence-electron chi connectivity index (χ0n) is 11.2. The molecule has 0 unspecified atom stereocenters. The highest BCUT2D eigenvalue weighted by molar-refractivity contribution is 7.80. The zero-order valence-corrected chi connectivity index (χ0v) is 12.0. The van der Waals surface area contributed by atoms with Gasteiger partial charge in [0.25, 0.3) is 0 Å². The number of anilines is 1. The summed E-state index contributed by atoms with van der Waals surface area (Å²) in [6.07, 6.45) is 1.66. The largest absolute Gasteiger partial charge is 0.356 e. The lowest BCUT2D eigenvalue weighted by Crippen LogP contribution is -2.31. The summed E-state index contributed by atoms with van der Waals surface area (Å²) >= 11 is 5.21. The van der Waals surface area contributed by atoms with Crippen molar-refractivity contribution < 1.29 is 4.39 Å². The van der Waals surface area contributed by atoms with Crippen LogP contribution in [0.5, 0.6) is 0 Å². The van der Waals surface area contributed by atoms with Gasteiger partial charge in [0.2, 0.25) is 5.95 Å². The Kier molecular flexibility index (Phi) is 4.57. The van der Waals surface area contributed by atoms with E-state index in [1.165, 1.54) is 12.1 Å². The summed E-state index contributed by atoms with van der Waals surface area (Å²) < 4.78 is 12.9. The number of hydrogen-bond donors (Lipinski definition) is 2. The van der Waals surface area contributed by atoms with E-state index in [2.05, 4.69) is 20.6 Å². The minimum absolute atomic E-state index is 0.0413. The lowest BCUT2D eigenvalue weighted by atomic mass is 10.1. The molecule has 0 bridgehead atoms. The molecule has 1 atom stereocenters. The molecule has 104 valence electrons. The number of rotatable bonds is 3. The van der Waals surface area contributed by atoms with Crippen LogP contribution in [0.25, 0.3) is 0 Å². The van der Waals surface area contributed by atoms with Gasteiger partial charge in [-0.1, -0.05) is 12.1 Å². The lowest BCUT2D eigenvalue weighted by Gasteiger charge is -2.16. The van der Waals surface area contributed by atoms with Crippen molar-refractivity contribution in [2.24, 2.45) is 0 Å². The van der Waals surface area contributed by atoms with Gasteiger partial charge in [0.1, 0.15) is 5.82 Å². The normalized spacial score (nSPS) is 11.8. The summed E-state index contributed by atoms with van der Waals surface area (Å²) in [5, 5.41) is 6.44. The third kappa shape index (κ3) is 3.96. The standard InChI is InChI=1S/C14H15FN4S/c1-9-7-8-16-13(17-9)19-14(20)18-10(2)11-3-5-12(15)6-4-11/h3-8,10H,1-2H3,(H2,16,17,18,19,20)/t10-/m1/s1. The first kappa shape index (κ1) is 14.3. The van der Waals surface area contributed by atoms with Gasteiger partial charge < -0.3 is 10.6 Å². The molecule has 20 heavy (non-hydrogen) atoms. The maximum Gasteiger partial charge on any atom is 0.229 e. The molecule has 0 radical (unpaired) electrons. The van der Waals surface area contributed by atoms with Gasteiger partial charge >= 0.3 is 0 Å². The first-order chi connectivity index (χ1) is 9.54. The van der Waals surface area contributed by atoms with Crippen molar-refractivity contribution in [3.63, 3.8) is 0 Å². The maximum atomic E-state index is 12.9. The highest BCUT2D eigenvalue weighted by atomic mass is 32.1. The SMILES string of the molecule is Cc1ccnc(NC(=S)N[C@H](C)c2ccc(F)cc2)n1. The maximum absolute atomic E-state index is 12.9. The number of halogens is 1. The van der Waals surface area contributed by atoms with Crippen molar-refractivity contribution in [3.05, 3.63) is 53.6 Å². The molecule has 1 aromatic heterocycles. The van der Waals surface area contributed by atoms with E-state index >= 15 is 0 Å². The van der Waals surface area contributed by atoms with Crippen LogP contribution in [0.1, 0.15) is 24.2 Å². The molecule has 0 saturated heterocycles. The molecule has 2 N–H and O–H groups in total. The average Bonchev–Trinajstić information content (AvgIpc) is 2.39. The quantitative estimate of drug-likeness (QED) is 0.851. The number of thiocarbonyl (C=S) groups is 1. The number of nitrogens with one attached hydrogen (secondary N) is 2. The van der Waals surface area contributed by atoms with Crippen LogP contribution in [0.2, 0.25) is 0 Å². The number of benzene rings is 1. The van der Waals surface area contributed by atoms with Gasteiger partial charge in [-0.2, -0.15) is 0 Å². The zero-order chi connectivity index (χ0) is 14.5. The van der Waals surface area contributed by atoms with E-state index < -0.39 is 0 Å². The van der Waals surface area contributed by atoms with Gasteiger partial charge in [-0.05, 0) is 49.8 Å². The predicted octanol–water partition coefficient (Wildman–Crippen LogP) is 2.97. The minimum Gasteiger partial charge on any atom is -0.356 e. The second-order valence-electron chi connectivity index (χ2n) is 4.39. The molecule has 4 nitrogen and oxygen atoms in total. The van der Waals surface area contributed by atoms with Gasteiger partial charge in [0.15, 0.2) is 5.11 Å². The van der Waals surface area contributed by atoms with Crippen LogP contribution < -0.4 is 10.6 Å². The smallest absolute Gasteiger partial charge is 0.229 e. The van der Waals surface area contributed by atoms with Gasteiger partial charge in [0.05, 0.1) is 6.04 Å². The Morgan fingerprint density at radius 2 is 1.95 bits per heavy atom. The van der Waals surface area contributed by atoms with Crippen molar-refractivity contribution >= 4 is 23.3 Å². The second kappa shape index (κ2) is 6.38. The molecule has 1 heterocycles. The van der Waals surface area contributed by atoms with Crippen LogP contribution in [-0.4, -0.2) is 15.1 Å². The molecule has 0 amide bonds. The summed E-state index contributed by atoms with van der Waals surface area (Å²) in [4.78, 5) is 8.28. The Bertz CT molecular complexity index is 600. The molecule has 0 spiro atoms. The van der Waals surface area contributed by atoms with Gasteiger partial charge in [-0.15, -0.1) is 0 Å². The molecule has 0 saturated carbocycles. The number of aryl methyl sites for hydroxylation is 1. The van der Waals surface area contributed by atoms with Gasteiger partial charge in [-0.25, -0.2) is 14.4 Å². The predicted molar refractivity (Wildman–Crippen MR) is 80.9 cm³/mol. The Balaban J connectivity index is 1.95. The van der Waals surface area contributed by atoms with Crippen LogP contribution in [0.4, 0.5) is 10.3 Å². The topological polar surface area (TPSA) is 49.8 Å². The van der Waals surface area contributed by atoms with Crippen molar-refractivity contribution in [1.29, 1.82) is 0 Å². The molecule has 1 aromatic carbocycles. The first-order valence-corrected chi connectivity index (χ1v) is 6.58. The molecule has 0 fully saturated rings. The van der Waals surface area contributed by atoms with Crippen molar-refractivity contribution in [2.45, 2.75) is 19.9 Å². The number of hydrogen-bond acceptors (Lipinski definition) is 3. The summed E-state index contributed by atoms with van der Waals surface area (Å²) in [6.45, 7) is 3.82. The van der Waals surface area contributed by atoms with Crippen molar-refractivity contribution in [3.8, 4) is 0 Å². The Morgan fingerprint density at radius 1 is 1.25 bits per heavy atom. The molecular weight excluding hydrogens is 275 g/mol. The highest BCUT2D eigenvalue weighted by Gasteiger charge is 2.08. The van der Waals surface area contributed by atoms with E-state index in [0.717, 1.165) is 11.3 Å². The molecule has 2 rings (SSSR count). The number of aromatic nitrogens is 2. The summed E-state index contributed by atoms with van der Waals surface area (Å²) in [7, 11) is 0. The number of nitrogens with zero attached hydrogens (tertiary/aromatic N) is 2. The first-order valence-electron chi connectivity index (χ1n) is 6.17. The molecule has 0 aliphatic heterocycles. The van der Waals surface area contributed by atoms with E-state index in [9.17, 15) is 4.39 Å². The van der Waals surface area contributed by atoms with Gasteiger partial charge in [-0.3, -0.25) is 0 Å². The molecule has 2 aromatic rings. The minimum atomic E-state index is -0.255. The van der Waals surface area contributed by atoms with Crippen molar-refractivity contribution in [2.75, 3.05) is 5.32 Å². The molecular formula is C14H15FN4S. The van der Waals surface area contributed by atoms with E-state index in [0.29, 0.717) is 11.1 Å². The van der Waals surface area contributed by atoms with Crippen molar-refractivity contribution in [1.82, 2.24) is 15.3 Å². The molecule has 0 aliphatic carbocycles. The van der Waals surface area contributed by atoms with Crippen LogP contribution in [0.15, 0.2) is 36.5 Å². The van der Waals surface area contributed by atoms with E-state index in [1.807, 2.05) is 19.9 Å². The van der Waals surface area contributed by atoms with E-state index in [-0.39, 0.29) is 11.9 Å². The summed E-state index contributed by atoms with van der Waals surface area (Å²) in [5.74, 6) is 0.198. The summed E-state index contributed by atoms with van der Waals surface area (Å²) in [5.41, 5.74) is 1.80. The fourth-order valence-corrected chi connectivity index (χ4v) is 1.95. The Hall–Kier alpha value is -2.08.